The van der Waals surface area contributed by atoms with Crippen LogP contribution in [0.2, 0.25) is 5.02 Å². The number of hydrazone groups is 1. The van der Waals surface area contributed by atoms with Crippen LogP contribution in [0.25, 0.3) is 11.0 Å². The second kappa shape index (κ2) is 10.3. The van der Waals surface area contributed by atoms with E-state index in [9.17, 15) is 4.79 Å². The smallest absolute Gasteiger partial charge is 0.250 e. The largest absolute Gasteiger partial charge is 0.314 e. The Morgan fingerprint density at radius 1 is 1.12 bits per heavy atom. The van der Waals surface area contributed by atoms with Crippen LogP contribution < -0.4 is 5.43 Å². The van der Waals surface area contributed by atoms with Crippen molar-refractivity contribution in [2.75, 3.05) is 5.75 Å². The Labute approximate surface area is 204 Å². The van der Waals surface area contributed by atoms with Crippen molar-refractivity contribution in [2.45, 2.75) is 18.6 Å². The van der Waals surface area contributed by atoms with E-state index < -0.39 is 0 Å². The minimum absolute atomic E-state index is 0.186. The Hall–Kier alpha value is -2.61. The first kappa shape index (κ1) is 22.6. The molecule has 0 saturated heterocycles. The van der Waals surface area contributed by atoms with Gasteiger partial charge in [0.05, 0.1) is 29.0 Å². The molecule has 4 aromatic rings. The number of halogens is 2. The van der Waals surface area contributed by atoms with Crippen LogP contribution in [0.3, 0.4) is 0 Å². The number of benzene rings is 3. The summed E-state index contributed by atoms with van der Waals surface area (Å²) in [6, 6.07) is 23.5. The average Bonchev–Trinajstić information content (AvgIpc) is 3.15. The highest BCUT2D eigenvalue weighted by Gasteiger charge is 2.13. The van der Waals surface area contributed by atoms with Gasteiger partial charge in [-0.05, 0) is 54.4 Å². The van der Waals surface area contributed by atoms with Crippen molar-refractivity contribution < 1.29 is 4.79 Å². The quantitative estimate of drug-likeness (QED) is 0.179. The molecule has 0 atom stereocenters. The molecule has 162 valence electrons. The van der Waals surface area contributed by atoms with E-state index in [4.69, 9.17) is 16.6 Å². The van der Waals surface area contributed by atoms with Crippen molar-refractivity contribution in [1.29, 1.82) is 0 Å². The van der Waals surface area contributed by atoms with Crippen LogP contribution in [0.4, 0.5) is 0 Å². The zero-order valence-electron chi connectivity index (χ0n) is 17.3. The Balaban J connectivity index is 1.47. The summed E-state index contributed by atoms with van der Waals surface area (Å²) in [6.45, 7) is 2.50. The Morgan fingerprint density at radius 2 is 1.91 bits per heavy atom. The lowest BCUT2D eigenvalue weighted by molar-refractivity contribution is -0.118. The number of hydrogen-bond acceptors (Lipinski definition) is 4. The first-order chi connectivity index (χ1) is 15.5. The molecule has 3 aromatic carbocycles. The van der Waals surface area contributed by atoms with Crippen LogP contribution in [-0.2, 0) is 11.3 Å². The summed E-state index contributed by atoms with van der Waals surface area (Å²) in [5.41, 5.74) is 7.35. The molecule has 0 spiro atoms. The third-order valence-corrected chi connectivity index (χ3v) is 6.52. The number of carbonyl (C=O) groups excluding carboxylic acids is 1. The predicted octanol–water partition coefficient (Wildman–Crippen LogP) is 6.13. The van der Waals surface area contributed by atoms with Gasteiger partial charge in [0.1, 0.15) is 0 Å². The van der Waals surface area contributed by atoms with E-state index in [-0.39, 0.29) is 11.7 Å². The third kappa shape index (κ3) is 5.59. The molecule has 0 aliphatic carbocycles. The summed E-state index contributed by atoms with van der Waals surface area (Å²) < 4.78 is 3.08. The highest BCUT2D eigenvalue weighted by atomic mass is 79.9. The van der Waals surface area contributed by atoms with Crippen molar-refractivity contribution >= 4 is 61.9 Å². The van der Waals surface area contributed by atoms with Crippen molar-refractivity contribution in [3.8, 4) is 0 Å². The summed E-state index contributed by atoms with van der Waals surface area (Å²) in [5.74, 6) is 0.0218. The van der Waals surface area contributed by atoms with Crippen molar-refractivity contribution in [3.05, 3.63) is 93.4 Å². The molecule has 0 radical (unpaired) electrons. The molecule has 0 aliphatic rings. The fourth-order valence-corrected chi connectivity index (χ4v) is 4.51. The Kier molecular flexibility index (Phi) is 7.29. The fraction of sp³-hybridized carbons (Fsp3) is 0.125. The molecule has 0 fully saturated rings. The first-order valence-corrected chi connectivity index (χ1v) is 12.1. The lowest BCUT2D eigenvalue weighted by Crippen LogP contribution is -2.21. The van der Waals surface area contributed by atoms with Crippen molar-refractivity contribution in [2.24, 2.45) is 5.10 Å². The summed E-state index contributed by atoms with van der Waals surface area (Å²) in [4.78, 5) is 17.2. The number of carbonyl (C=O) groups is 1. The van der Waals surface area contributed by atoms with Gasteiger partial charge in [0.25, 0.3) is 5.91 Å². The molecule has 8 heteroatoms. The van der Waals surface area contributed by atoms with E-state index in [0.29, 0.717) is 11.6 Å². The van der Waals surface area contributed by atoms with Crippen LogP contribution in [0.5, 0.6) is 0 Å². The number of amides is 1. The molecular weight excluding hydrogens is 508 g/mol. The van der Waals surface area contributed by atoms with Gasteiger partial charge in [-0.3, -0.25) is 4.79 Å². The van der Waals surface area contributed by atoms with E-state index in [1.807, 2.05) is 79.7 Å². The molecule has 0 bridgehead atoms. The second-order valence-corrected chi connectivity index (χ2v) is 9.42. The van der Waals surface area contributed by atoms with Crippen LogP contribution in [0, 0.1) is 0 Å². The molecule has 32 heavy (non-hydrogen) atoms. The predicted molar refractivity (Wildman–Crippen MR) is 136 cm³/mol. The summed E-state index contributed by atoms with van der Waals surface area (Å²) in [5, 5.41) is 5.72. The highest BCUT2D eigenvalue weighted by molar-refractivity contribution is 9.10. The summed E-state index contributed by atoms with van der Waals surface area (Å²) in [6.07, 6.45) is 0. The second-order valence-electron chi connectivity index (χ2n) is 7.13. The first-order valence-electron chi connectivity index (χ1n) is 9.91. The van der Waals surface area contributed by atoms with Crippen LogP contribution in [0.15, 0.2) is 87.5 Å². The van der Waals surface area contributed by atoms with E-state index in [1.165, 1.54) is 11.8 Å². The monoisotopic (exact) mass is 526 g/mol. The minimum Gasteiger partial charge on any atom is -0.314 e. The molecule has 0 saturated carbocycles. The molecule has 1 N–H and O–H groups in total. The lowest BCUT2D eigenvalue weighted by Gasteiger charge is -2.09. The zero-order valence-corrected chi connectivity index (χ0v) is 20.4. The van der Waals surface area contributed by atoms with Gasteiger partial charge in [0, 0.05) is 9.50 Å². The molecule has 0 unspecified atom stereocenters. The number of thioether (sulfide) groups is 1. The molecule has 0 aliphatic heterocycles. The van der Waals surface area contributed by atoms with Gasteiger partial charge in [-0.25, -0.2) is 10.4 Å². The number of aromatic nitrogens is 2. The number of rotatable bonds is 7. The number of imidazole rings is 1. The average molecular weight is 528 g/mol. The highest BCUT2D eigenvalue weighted by Crippen LogP contribution is 2.25. The molecule has 1 aromatic heterocycles. The normalized spacial score (nSPS) is 11.7. The maximum atomic E-state index is 12.4. The number of hydrogen-bond donors (Lipinski definition) is 1. The van der Waals surface area contributed by atoms with Crippen molar-refractivity contribution in [1.82, 2.24) is 15.0 Å². The maximum Gasteiger partial charge on any atom is 0.250 e. The standard InChI is InChI=1S/C24H20BrClN4OS/c1-16(18-5-4-6-19(25)13-18)28-29-23(31)15-32-24-27-21-7-2-3-8-22(21)30(24)14-17-9-11-20(26)12-10-17/h2-13H,14-15H2,1H3,(H,29,31)/b28-16-. The van der Waals surface area contributed by atoms with Gasteiger partial charge in [0.15, 0.2) is 5.16 Å². The Bertz CT molecular complexity index is 1290. The number of nitrogens with zero attached hydrogens (tertiary/aromatic N) is 3. The van der Waals surface area contributed by atoms with E-state index in [1.54, 1.807) is 0 Å². The van der Waals surface area contributed by atoms with Gasteiger partial charge in [-0.2, -0.15) is 5.10 Å². The van der Waals surface area contributed by atoms with E-state index in [0.717, 1.165) is 37.5 Å². The van der Waals surface area contributed by atoms with Crippen LogP contribution in [0.1, 0.15) is 18.1 Å². The number of fused-ring (bicyclic) bond motifs is 1. The fourth-order valence-electron chi connectivity index (χ4n) is 3.18. The summed E-state index contributed by atoms with van der Waals surface area (Å²) in [7, 11) is 0. The SMILES string of the molecule is C/C(=N/NC(=O)CSc1nc2ccccc2n1Cc1ccc(Cl)cc1)c1cccc(Br)c1. The zero-order chi connectivity index (χ0) is 22.5. The topological polar surface area (TPSA) is 59.3 Å². The number of para-hydroxylation sites is 2. The van der Waals surface area contributed by atoms with Gasteiger partial charge >= 0.3 is 0 Å². The molecule has 1 amide bonds. The Morgan fingerprint density at radius 3 is 2.69 bits per heavy atom. The number of nitrogens with one attached hydrogen (secondary N) is 1. The van der Waals surface area contributed by atoms with E-state index >= 15 is 0 Å². The van der Waals surface area contributed by atoms with Gasteiger partial charge in [0.2, 0.25) is 0 Å². The summed E-state index contributed by atoms with van der Waals surface area (Å²) >= 11 is 10.9. The minimum atomic E-state index is -0.186. The maximum absolute atomic E-state index is 12.4. The molecule has 1 heterocycles. The van der Waals surface area contributed by atoms with E-state index in [2.05, 4.69) is 31.0 Å². The third-order valence-electron chi connectivity index (χ3n) is 4.80. The van der Waals surface area contributed by atoms with Crippen molar-refractivity contribution in [3.63, 3.8) is 0 Å². The molecule has 5 nitrogen and oxygen atoms in total. The van der Waals surface area contributed by atoms with Gasteiger partial charge in [-0.15, -0.1) is 0 Å². The van der Waals surface area contributed by atoms with Crippen LogP contribution in [-0.4, -0.2) is 26.9 Å². The van der Waals surface area contributed by atoms with Gasteiger partial charge in [-0.1, -0.05) is 75.7 Å². The molecule has 4 rings (SSSR count). The van der Waals surface area contributed by atoms with Crippen LogP contribution >= 0.6 is 39.3 Å². The van der Waals surface area contributed by atoms with Gasteiger partial charge < -0.3 is 4.57 Å². The lowest BCUT2D eigenvalue weighted by atomic mass is 10.1. The molecular formula is C24H20BrClN4OS.